The maximum atomic E-state index is 11.2. The smallest absolute Gasteiger partial charge is 0.339 e. The van der Waals surface area contributed by atoms with Crippen LogP contribution in [-0.4, -0.2) is 18.2 Å². The molecule has 21 heavy (non-hydrogen) atoms. The number of carbonyl (C=O) groups is 1. The van der Waals surface area contributed by atoms with Crippen LogP contribution in [0.3, 0.4) is 0 Å². The summed E-state index contributed by atoms with van der Waals surface area (Å²) in [5.41, 5.74) is 0.277. The van der Waals surface area contributed by atoms with E-state index in [2.05, 4.69) is 0 Å². The molecule has 0 saturated heterocycles. The van der Waals surface area contributed by atoms with Crippen molar-refractivity contribution >= 4 is 17.6 Å². The minimum Gasteiger partial charge on any atom is -0.497 e. The quantitative estimate of drug-likeness (QED) is 0.931. The van der Waals surface area contributed by atoms with E-state index in [4.69, 9.17) is 31.4 Å². The van der Waals surface area contributed by atoms with Gasteiger partial charge in [-0.2, -0.15) is 5.26 Å². The summed E-state index contributed by atoms with van der Waals surface area (Å²) >= 11 is 5.78. The minimum absolute atomic E-state index is 0.0659. The molecule has 0 atom stereocenters. The molecule has 0 heterocycles. The molecule has 0 aliphatic rings. The number of benzene rings is 2. The van der Waals surface area contributed by atoms with Gasteiger partial charge in [0.15, 0.2) is 0 Å². The Bertz CT molecular complexity index is 737. The first kappa shape index (κ1) is 14.7. The van der Waals surface area contributed by atoms with Crippen LogP contribution in [0.4, 0.5) is 0 Å². The van der Waals surface area contributed by atoms with Crippen molar-refractivity contribution in [3.63, 3.8) is 0 Å². The van der Waals surface area contributed by atoms with Crippen molar-refractivity contribution in [2.45, 2.75) is 0 Å². The zero-order valence-electron chi connectivity index (χ0n) is 11.0. The standard InChI is InChI=1S/C15H10ClNO4/c1-20-11-4-9(8-17)5-12(7-11)21-14-3-2-10(16)6-13(14)15(18)19/h2-7H,1H3,(H,18,19). The number of halogens is 1. The fourth-order valence-corrected chi connectivity index (χ4v) is 1.87. The summed E-state index contributed by atoms with van der Waals surface area (Å²) < 4.78 is 10.6. The number of hydrogen-bond donors (Lipinski definition) is 1. The lowest BCUT2D eigenvalue weighted by Gasteiger charge is -2.10. The van der Waals surface area contributed by atoms with E-state index < -0.39 is 5.97 Å². The van der Waals surface area contributed by atoms with Gasteiger partial charge in [-0.15, -0.1) is 0 Å². The van der Waals surface area contributed by atoms with Gasteiger partial charge in [-0.3, -0.25) is 0 Å². The Hall–Kier alpha value is -2.71. The number of methoxy groups -OCH3 is 1. The third kappa shape index (κ3) is 3.44. The number of carboxylic acid groups (broad SMARTS) is 1. The van der Waals surface area contributed by atoms with Crippen molar-refractivity contribution in [3.05, 3.63) is 52.5 Å². The number of nitrogens with zero attached hydrogens (tertiary/aromatic N) is 1. The van der Waals surface area contributed by atoms with E-state index in [0.29, 0.717) is 22.1 Å². The van der Waals surface area contributed by atoms with Crippen LogP contribution in [0.2, 0.25) is 5.02 Å². The summed E-state index contributed by atoms with van der Waals surface area (Å²) in [7, 11) is 1.46. The normalized spacial score (nSPS) is 9.76. The van der Waals surface area contributed by atoms with E-state index in [1.807, 2.05) is 6.07 Å². The van der Waals surface area contributed by atoms with Gasteiger partial charge in [0.1, 0.15) is 22.8 Å². The Labute approximate surface area is 125 Å². The zero-order chi connectivity index (χ0) is 15.4. The summed E-state index contributed by atoms with van der Waals surface area (Å²) in [6.07, 6.45) is 0. The summed E-state index contributed by atoms with van der Waals surface area (Å²) in [5.74, 6) is -0.287. The maximum Gasteiger partial charge on any atom is 0.339 e. The van der Waals surface area contributed by atoms with Gasteiger partial charge < -0.3 is 14.6 Å². The first-order valence-electron chi connectivity index (χ1n) is 5.83. The van der Waals surface area contributed by atoms with Gasteiger partial charge in [0, 0.05) is 11.1 Å². The van der Waals surface area contributed by atoms with E-state index in [1.54, 1.807) is 12.1 Å². The van der Waals surface area contributed by atoms with Crippen molar-refractivity contribution in [1.82, 2.24) is 0 Å². The molecule has 0 aliphatic heterocycles. The van der Waals surface area contributed by atoms with E-state index in [0.717, 1.165) is 0 Å². The van der Waals surface area contributed by atoms with Gasteiger partial charge in [0.05, 0.1) is 18.7 Å². The third-order valence-electron chi connectivity index (χ3n) is 2.64. The van der Waals surface area contributed by atoms with Crippen LogP contribution < -0.4 is 9.47 Å². The van der Waals surface area contributed by atoms with E-state index in [1.165, 1.54) is 31.4 Å². The Morgan fingerprint density at radius 2 is 1.95 bits per heavy atom. The fourth-order valence-electron chi connectivity index (χ4n) is 1.70. The highest BCUT2D eigenvalue weighted by molar-refractivity contribution is 6.31. The predicted octanol–water partition coefficient (Wildman–Crippen LogP) is 3.71. The molecule has 0 saturated carbocycles. The average molecular weight is 304 g/mol. The monoisotopic (exact) mass is 303 g/mol. The van der Waals surface area contributed by atoms with Gasteiger partial charge in [-0.25, -0.2) is 4.79 Å². The van der Waals surface area contributed by atoms with Gasteiger partial charge in [-0.05, 0) is 30.3 Å². The zero-order valence-corrected chi connectivity index (χ0v) is 11.7. The molecule has 0 aromatic heterocycles. The van der Waals surface area contributed by atoms with Gasteiger partial charge in [0.25, 0.3) is 0 Å². The molecule has 2 rings (SSSR count). The number of nitriles is 1. The molecular formula is C15H10ClNO4. The van der Waals surface area contributed by atoms with Crippen molar-refractivity contribution in [2.75, 3.05) is 7.11 Å². The highest BCUT2D eigenvalue weighted by atomic mass is 35.5. The fraction of sp³-hybridized carbons (Fsp3) is 0.0667. The summed E-state index contributed by atoms with van der Waals surface area (Å²) in [5, 5.41) is 18.4. The molecule has 0 amide bonds. The first-order chi connectivity index (χ1) is 10.0. The Kier molecular flexibility index (Phi) is 4.31. The minimum atomic E-state index is -1.16. The summed E-state index contributed by atoms with van der Waals surface area (Å²) in [4.78, 5) is 11.2. The lowest BCUT2D eigenvalue weighted by atomic mass is 10.2. The predicted molar refractivity (Wildman–Crippen MR) is 76.2 cm³/mol. The second-order valence-electron chi connectivity index (χ2n) is 4.06. The second-order valence-corrected chi connectivity index (χ2v) is 4.49. The lowest BCUT2D eigenvalue weighted by molar-refractivity contribution is 0.0694. The molecule has 2 aromatic rings. The summed E-state index contributed by atoms with van der Waals surface area (Å²) in [6, 6.07) is 10.8. The van der Waals surface area contributed by atoms with Crippen LogP contribution in [0.5, 0.6) is 17.2 Å². The van der Waals surface area contributed by atoms with Crippen molar-refractivity contribution in [2.24, 2.45) is 0 Å². The topological polar surface area (TPSA) is 79.5 Å². The first-order valence-corrected chi connectivity index (χ1v) is 6.21. The van der Waals surface area contributed by atoms with E-state index in [9.17, 15) is 4.79 Å². The molecule has 106 valence electrons. The van der Waals surface area contributed by atoms with Crippen LogP contribution in [-0.2, 0) is 0 Å². The van der Waals surface area contributed by atoms with Crippen molar-refractivity contribution in [3.8, 4) is 23.3 Å². The highest BCUT2D eigenvalue weighted by Gasteiger charge is 2.13. The van der Waals surface area contributed by atoms with E-state index in [-0.39, 0.29) is 11.3 Å². The molecule has 0 spiro atoms. The van der Waals surface area contributed by atoms with Gasteiger partial charge >= 0.3 is 5.97 Å². The molecule has 2 aromatic carbocycles. The molecule has 0 bridgehead atoms. The van der Waals surface area contributed by atoms with Crippen LogP contribution in [0.25, 0.3) is 0 Å². The Balaban J connectivity index is 2.43. The molecule has 5 nitrogen and oxygen atoms in total. The highest BCUT2D eigenvalue weighted by Crippen LogP contribution is 2.30. The molecule has 0 unspecified atom stereocenters. The van der Waals surface area contributed by atoms with Crippen molar-refractivity contribution < 1.29 is 19.4 Å². The summed E-state index contributed by atoms with van der Waals surface area (Å²) in [6.45, 7) is 0. The third-order valence-corrected chi connectivity index (χ3v) is 2.88. The van der Waals surface area contributed by atoms with E-state index >= 15 is 0 Å². The van der Waals surface area contributed by atoms with Crippen LogP contribution in [0, 0.1) is 11.3 Å². The van der Waals surface area contributed by atoms with Gasteiger partial charge in [0.2, 0.25) is 0 Å². The molecule has 6 heteroatoms. The number of carboxylic acids is 1. The molecule has 1 N–H and O–H groups in total. The lowest BCUT2D eigenvalue weighted by Crippen LogP contribution is -2.00. The molecule has 0 aliphatic carbocycles. The second kappa shape index (κ2) is 6.16. The number of rotatable bonds is 4. The number of hydrogen-bond acceptors (Lipinski definition) is 4. The maximum absolute atomic E-state index is 11.2. The van der Waals surface area contributed by atoms with Crippen LogP contribution in [0.15, 0.2) is 36.4 Å². The average Bonchev–Trinajstić information content (AvgIpc) is 2.48. The molecule has 0 fully saturated rings. The largest absolute Gasteiger partial charge is 0.497 e. The molecular weight excluding hydrogens is 294 g/mol. The van der Waals surface area contributed by atoms with Crippen molar-refractivity contribution in [1.29, 1.82) is 5.26 Å². The van der Waals surface area contributed by atoms with Crippen LogP contribution in [0.1, 0.15) is 15.9 Å². The Morgan fingerprint density at radius 3 is 2.57 bits per heavy atom. The van der Waals surface area contributed by atoms with Crippen LogP contribution >= 0.6 is 11.6 Å². The SMILES string of the molecule is COc1cc(C#N)cc(Oc2ccc(Cl)cc2C(=O)O)c1. The number of aromatic carboxylic acids is 1. The van der Waals surface area contributed by atoms with Gasteiger partial charge in [-0.1, -0.05) is 11.6 Å². The Morgan fingerprint density at radius 1 is 1.24 bits per heavy atom. The number of ether oxygens (including phenoxy) is 2. The molecule has 0 radical (unpaired) electrons.